The van der Waals surface area contributed by atoms with Gasteiger partial charge in [0.15, 0.2) is 0 Å². The van der Waals surface area contributed by atoms with Crippen LogP contribution in [0.25, 0.3) is 0 Å². The second-order valence-corrected chi connectivity index (χ2v) is 9.85. The van der Waals surface area contributed by atoms with Crippen LogP contribution < -0.4 is 26.1 Å². The van der Waals surface area contributed by atoms with Crippen LogP contribution in [0.15, 0.2) is 30.6 Å². The topological polar surface area (TPSA) is 56.9 Å². The van der Waals surface area contributed by atoms with Crippen LogP contribution in [0, 0.1) is 6.92 Å². The number of rotatable bonds is 15. The molecular weight excluding hydrogens is 400 g/mol. The highest BCUT2D eigenvalue weighted by molar-refractivity contribution is 8.76. The molecule has 0 aliphatic rings. The average molecular weight is 438 g/mol. The fourth-order valence-electron chi connectivity index (χ4n) is 2.90. The normalized spacial score (nSPS) is 10.9. The zero-order valence-corrected chi connectivity index (χ0v) is 19.9. The Morgan fingerprint density at radius 1 is 1.03 bits per heavy atom. The van der Waals surface area contributed by atoms with Crippen LogP contribution >= 0.6 is 21.6 Å². The monoisotopic (exact) mass is 437 g/mol. The van der Waals surface area contributed by atoms with Gasteiger partial charge in [-0.15, -0.1) is 0 Å². The van der Waals surface area contributed by atoms with E-state index in [1.807, 2.05) is 57.2 Å². The molecule has 0 amide bonds. The van der Waals surface area contributed by atoms with Gasteiger partial charge in [0, 0.05) is 30.3 Å². The maximum atomic E-state index is 3.52. The Bertz CT molecular complexity index is 700. The van der Waals surface area contributed by atoms with Gasteiger partial charge in [-0.3, -0.25) is 5.43 Å². The minimum atomic E-state index is 0.977. The lowest BCUT2D eigenvalue weighted by molar-refractivity contribution is -0.656. The van der Waals surface area contributed by atoms with Gasteiger partial charge in [0.25, 0.3) is 0 Å². The summed E-state index contributed by atoms with van der Waals surface area (Å²) in [4.78, 5) is 0. The zero-order chi connectivity index (χ0) is 20.9. The number of aryl methyl sites for hydroxylation is 3. The van der Waals surface area contributed by atoms with Gasteiger partial charge in [0.2, 0.25) is 0 Å². The number of nitrogens with one attached hydrogen (secondary N) is 4. The number of hydrogen-bond donors (Lipinski definition) is 4. The van der Waals surface area contributed by atoms with Gasteiger partial charge in [-0.2, -0.15) is 5.43 Å². The molecule has 1 aromatic carbocycles. The van der Waals surface area contributed by atoms with Crippen molar-refractivity contribution in [1.29, 1.82) is 0 Å². The lowest BCUT2D eigenvalue weighted by Gasteiger charge is -2.11. The summed E-state index contributed by atoms with van der Waals surface area (Å²) in [6.07, 6.45) is 7.96. The maximum Gasteiger partial charge on any atom is 0.378 e. The molecule has 0 saturated heterocycles. The molecule has 0 atom stereocenters. The molecule has 0 fully saturated rings. The van der Waals surface area contributed by atoms with Gasteiger partial charge in [0.1, 0.15) is 0 Å². The van der Waals surface area contributed by atoms with Gasteiger partial charge in [0.05, 0.1) is 32.2 Å². The summed E-state index contributed by atoms with van der Waals surface area (Å²) in [5, 5.41) is 7.03. The predicted molar refractivity (Wildman–Crippen MR) is 131 cm³/mol. The highest BCUT2D eigenvalue weighted by Crippen LogP contribution is 2.22. The lowest BCUT2D eigenvalue weighted by atomic mass is 10.2. The molecule has 0 aliphatic carbocycles. The molecule has 0 bridgehead atoms. The van der Waals surface area contributed by atoms with Crippen molar-refractivity contribution in [1.82, 2.24) is 9.88 Å². The maximum absolute atomic E-state index is 3.52. The van der Waals surface area contributed by atoms with E-state index in [0.717, 1.165) is 37.0 Å². The predicted octanol–water partition coefficient (Wildman–Crippen LogP) is 4.17. The molecule has 2 aromatic rings. The van der Waals surface area contributed by atoms with Gasteiger partial charge in [-0.1, -0.05) is 41.4 Å². The number of unbranched alkanes of at least 4 members (excludes halogenated alkanes) is 2. The molecule has 2 rings (SSSR count). The van der Waals surface area contributed by atoms with E-state index in [4.69, 9.17) is 0 Å². The van der Waals surface area contributed by atoms with E-state index >= 15 is 0 Å². The van der Waals surface area contributed by atoms with Crippen molar-refractivity contribution in [3.63, 3.8) is 0 Å². The summed E-state index contributed by atoms with van der Waals surface area (Å²) >= 11 is 0. The van der Waals surface area contributed by atoms with Crippen molar-refractivity contribution in [2.24, 2.45) is 14.1 Å². The summed E-state index contributed by atoms with van der Waals surface area (Å²) < 4.78 is 4.08. The Balaban J connectivity index is 1.59. The van der Waals surface area contributed by atoms with E-state index in [2.05, 4.69) is 53.5 Å². The number of nitrogens with zero attached hydrogens (tertiary/aromatic N) is 2. The number of aromatic nitrogens is 2. The van der Waals surface area contributed by atoms with Crippen LogP contribution in [-0.4, -0.2) is 35.7 Å². The van der Waals surface area contributed by atoms with E-state index in [9.17, 15) is 0 Å². The lowest BCUT2D eigenvalue weighted by Crippen LogP contribution is -2.32. The fraction of sp³-hybridized carbons (Fsp3) is 0.571. The van der Waals surface area contributed by atoms with Crippen LogP contribution in [-0.2, 0) is 14.1 Å². The molecular formula is C21H37N6S2+. The molecule has 0 spiro atoms. The molecule has 0 unspecified atom stereocenters. The SMILES string of the molecule is CCCCCNCCSSCCNc1ccc(NNc2n(C)cc[n+]2C)c(C)c1. The Labute approximate surface area is 184 Å². The van der Waals surface area contributed by atoms with Gasteiger partial charge in [-0.25, -0.2) is 9.13 Å². The Morgan fingerprint density at radius 2 is 1.83 bits per heavy atom. The van der Waals surface area contributed by atoms with E-state index in [1.54, 1.807) is 0 Å². The minimum Gasteiger partial charge on any atom is -0.384 e. The highest BCUT2D eigenvalue weighted by atomic mass is 33.1. The van der Waals surface area contributed by atoms with Crippen molar-refractivity contribution < 1.29 is 4.57 Å². The highest BCUT2D eigenvalue weighted by Gasteiger charge is 2.10. The van der Waals surface area contributed by atoms with Crippen LogP contribution in [0.3, 0.4) is 0 Å². The van der Waals surface area contributed by atoms with Gasteiger partial charge in [-0.05, 0) is 43.7 Å². The molecule has 0 aliphatic heterocycles. The summed E-state index contributed by atoms with van der Waals surface area (Å²) in [5.74, 6) is 3.27. The first-order valence-electron chi connectivity index (χ1n) is 10.4. The van der Waals surface area contributed by atoms with Crippen LogP contribution in [0.4, 0.5) is 17.3 Å². The van der Waals surface area contributed by atoms with E-state index in [1.165, 1.54) is 36.3 Å². The van der Waals surface area contributed by atoms with Gasteiger partial charge < -0.3 is 10.6 Å². The number of benzene rings is 1. The van der Waals surface area contributed by atoms with E-state index < -0.39 is 0 Å². The smallest absolute Gasteiger partial charge is 0.378 e. The first-order valence-corrected chi connectivity index (χ1v) is 12.9. The molecule has 8 heteroatoms. The van der Waals surface area contributed by atoms with E-state index in [0.29, 0.717) is 0 Å². The third-order valence-electron chi connectivity index (χ3n) is 4.63. The third kappa shape index (κ3) is 8.80. The summed E-state index contributed by atoms with van der Waals surface area (Å²) in [7, 11) is 7.94. The zero-order valence-electron chi connectivity index (χ0n) is 18.3. The molecule has 162 valence electrons. The quantitative estimate of drug-likeness (QED) is 0.145. The molecule has 1 aromatic heterocycles. The summed E-state index contributed by atoms with van der Waals surface area (Å²) in [6, 6.07) is 6.42. The number of imidazole rings is 1. The number of anilines is 3. The van der Waals surface area contributed by atoms with Crippen molar-refractivity contribution in [3.05, 3.63) is 36.2 Å². The summed E-state index contributed by atoms with van der Waals surface area (Å²) in [5.41, 5.74) is 10.0. The number of hydrazine groups is 1. The van der Waals surface area contributed by atoms with Gasteiger partial charge >= 0.3 is 5.95 Å². The first-order chi connectivity index (χ1) is 14.1. The van der Waals surface area contributed by atoms with Crippen LogP contribution in [0.1, 0.15) is 31.7 Å². The van der Waals surface area contributed by atoms with Crippen LogP contribution in [0.2, 0.25) is 0 Å². The molecule has 1 heterocycles. The number of hydrogen-bond acceptors (Lipinski definition) is 6. The molecule has 4 N–H and O–H groups in total. The Morgan fingerprint density at radius 3 is 2.52 bits per heavy atom. The minimum absolute atomic E-state index is 0.977. The summed E-state index contributed by atoms with van der Waals surface area (Å²) in [6.45, 7) is 7.61. The van der Waals surface area contributed by atoms with Crippen LogP contribution in [0.5, 0.6) is 0 Å². The second-order valence-electron chi connectivity index (χ2n) is 7.15. The van der Waals surface area contributed by atoms with E-state index in [-0.39, 0.29) is 0 Å². The average Bonchev–Trinajstić information content (AvgIpc) is 3.03. The first kappa shape index (κ1) is 23.8. The molecule has 0 radical (unpaired) electrons. The molecule has 0 saturated carbocycles. The Hall–Kier alpha value is -1.51. The Kier molecular flexibility index (Phi) is 11.2. The third-order valence-corrected chi connectivity index (χ3v) is 7.04. The van der Waals surface area contributed by atoms with Crippen molar-refractivity contribution in [2.45, 2.75) is 33.1 Å². The largest absolute Gasteiger partial charge is 0.384 e. The van der Waals surface area contributed by atoms with Crippen molar-refractivity contribution in [2.75, 3.05) is 47.3 Å². The second kappa shape index (κ2) is 13.7. The fourth-order valence-corrected chi connectivity index (χ4v) is 4.75. The standard InChI is InChI=1S/C21H36N6S2/c1-5-6-7-10-22-11-15-28-29-16-12-23-19-8-9-20(18(2)17-19)24-25-21-26(3)13-14-27(21)4/h8-9,13-14,17,22-24H,5-7,10-12,15-16H2,1-4H3/p+1. The molecule has 6 nitrogen and oxygen atoms in total. The van der Waals surface area contributed by atoms with Crippen molar-refractivity contribution in [3.8, 4) is 0 Å². The van der Waals surface area contributed by atoms with Crippen molar-refractivity contribution >= 4 is 38.9 Å². The molecule has 29 heavy (non-hydrogen) atoms.